The van der Waals surface area contributed by atoms with E-state index in [2.05, 4.69) is 11.6 Å². The number of hydrogen-bond donors (Lipinski definition) is 1. The maximum absolute atomic E-state index is 14.7. The van der Waals surface area contributed by atoms with Crippen LogP contribution in [0.2, 0.25) is 0 Å². The smallest absolute Gasteiger partial charge is 0.167 e. The Hall–Kier alpha value is -3.11. The number of nitrogens with zero attached hydrogens (tertiary/aromatic N) is 1. The van der Waals surface area contributed by atoms with Gasteiger partial charge in [0.1, 0.15) is 0 Å². The van der Waals surface area contributed by atoms with E-state index in [0.717, 1.165) is 24.1 Å². The molecule has 0 saturated heterocycles. The molecule has 2 nitrogen and oxygen atoms in total. The maximum atomic E-state index is 14.7. The third-order valence-electron chi connectivity index (χ3n) is 5.11. The largest absolute Gasteiger partial charge is 0.393 e. The molecule has 0 radical (unpaired) electrons. The fraction of sp³-hybridized carbons (Fsp3) is 0.222. The van der Waals surface area contributed by atoms with E-state index in [1.54, 1.807) is 43.5 Å². The van der Waals surface area contributed by atoms with Crippen molar-refractivity contribution in [1.29, 1.82) is 0 Å². The lowest BCUT2D eigenvalue weighted by molar-refractivity contribution is 0.182. The van der Waals surface area contributed by atoms with Crippen LogP contribution in [0.5, 0.6) is 0 Å². The summed E-state index contributed by atoms with van der Waals surface area (Å²) in [7, 11) is 0. The fourth-order valence-corrected chi connectivity index (χ4v) is 3.36. The van der Waals surface area contributed by atoms with Crippen molar-refractivity contribution in [1.82, 2.24) is 4.98 Å². The number of pyridine rings is 1. The van der Waals surface area contributed by atoms with E-state index in [9.17, 15) is 13.9 Å². The second-order valence-corrected chi connectivity index (χ2v) is 7.63. The highest BCUT2D eigenvalue weighted by Gasteiger charge is 2.14. The van der Waals surface area contributed by atoms with Gasteiger partial charge in [-0.25, -0.2) is 8.78 Å². The van der Waals surface area contributed by atoms with Crippen molar-refractivity contribution in [2.24, 2.45) is 0 Å². The highest BCUT2D eigenvalue weighted by atomic mass is 19.2. The Bertz CT molecular complexity index is 1040. The van der Waals surface area contributed by atoms with Gasteiger partial charge in [-0.05, 0) is 44.2 Å². The predicted molar refractivity (Wildman–Crippen MR) is 123 cm³/mol. The molecule has 0 fully saturated rings. The minimum absolute atomic E-state index is 0.184. The molecule has 1 atom stereocenters. The Morgan fingerprint density at radius 3 is 2.39 bits per heavy atom. The molecule has 0 saturated carbocycles. The summed E-state index contributed by atoms with van der Waals surface area (Å²) in [6.45, 7) is 5.47. The highest BCUT2D eigenvalue weighted by molar-refractivity contribution is 5.69. The molecular formula is C27H27F2NO. The summed E-state index contributed by atoms with van der Waals surface area (Å²) in [4.78, 5) is 4.43. The van der Waals surface area contributed by atoms with Crippen molar-refractivity contribution in [2.75, 3.05) is 0 Å². The molecule has 2 aromatic carbocycles. The molecule has 0 aliphatic carbocycles. The first-order chi connectivity index (χ1) is 15.0. The first-order valence-corrected chi connectivity index (χ1v) is 10.5. The van der Waals surface area contributed by atoms with E-state index >= 15 is 0 Å². The van der Waals surface area contributed by atoms with Gasteiger partial charge in [0.15, 0.2) is 11.6 Å². The van der Waals surface area contributed by atoms with Crippen molar-refractivity contribution in [3.8, 4) is 22.4 Å². The van der Waals surface area contributed by atoms with Crippen LogP contribution in [-0.2, 0) is 6.42 Å². The highest BCUT2D eigenvalue weighted by Crippen LogP contribution is 2.28. The van der Waals surface area contributed by atoms with Gasteiger partial charge in [0.25, 0.3) is 0 Å². The van der Waals surface area contributed by atoms with Crippen LogP contribution in [0.4, 0.5) is 8.78 Å². The Morgan fingerprint density at radius 2 is 1.74 bits per heavy atom. The molecule has 0 spiro atoms. The summed E-state index contributed by atoms with van der Waals surface area (Å²) in [5.74, 6) is -1.75. The standard InChI is InChI=1S/C27H27F2NO/c1-3-7-20-10-12-21(13-11-20)25-17-15-23(18-30-25)24-16-14-22(26(28)27(24)29)9-6-4-5-8-19(2)31/h3,6,9-19,31H,1,4-5,7-8H2,2H3. The molecule has 4 heteroatoms. The number of allylic oxidation sites excluding steroid dienone is 2. The topological polar surface area (TPSA) is 33.1 Å². The van der Waals surface area contributed by atoms with Crippen LogP contribution < -0.4 is 0 Å². The number of aliphatic hydroxyl groups is 1. The summed E-state index contributed by atoms with van der Waals surface area (Å²) < 4.78 is 29.2. The molecule has 0 aliphatic rings. The molecular weight excluding hydrogens is 392 g/mol. The lowest BCUT2D eigenvalue weighted by Crippen LogP contribution is -1.97. The van der Waals surface area contributed by atoms with Gasteiger partial charge in [-0.2, -0.15) is 0 Å². The van der Waals surface area contributed by atoms with E-state index in [4.69, 9.17) is 0 Å². The van der Waals surface area contributed by atoms with Crippen molar-refractivity contribution in [3.05, 3.63) is 96.2 Å². The third-order valence-corrected chi connectivity index (χ3v) is 5.11. The molecule has 3 rings (SSSR count). The third kappa shape index (κ3) is 5.96. The zero-order valence-corrected chi connectivity index (χ0v) is 17.7. The van der Waals surface area contributed by atoms with Crippen LogP contribution in [-0.4, -0.2) is 16.2 Å². The van der Waals surface area contributed by atoms with Gasteiger partial charge in [0.05, 0.1) is 11.8 Å². The number of halogens is 2. The van der Waals surface area contributed by atoms with Gasteiger partial charge in [-0.1, -0.05) is 60.7 Å². The number of aliphatic hydroxyl groups excluding tert-OH is 1. The van der Waals surface area contributed by atoms with Crippen LogP contribution in [0.25, 0.3) is 28.5 Å². The summed E-state index contributed by atoms with van der Waals surface area (Å²) in [5.41, 5.74) is 3.82. The first kappa shape index (κ1) is 22.6. The molecule has 1 unspecified atom stereocenters. The van der Waals surface area contributed by atoms with E-state index in [1.165, 1.54) is 5.56 Å². The number of rotatable bonds is 9. The molecule has 1 aromatic heterocycles. The number of unbranched alkanes of at least 4 members (excludes halogenated alkanes) is 1. The Labute approximate surface area is 182 Å². The quantitative estimate of drug-likeness (QED) is 0.300. The van der Waals surface area contributed by atoms with E-state index in [0.29, 0.717) is 18.4 Å². The average Bonchev–Trinajstić information content (AvgIpc) is 2.77. The second kappa shape index (κ2) is 10.8. The lowest BCUT2D eigenvalue weighted by Gasteiger charge is -2.08. The summed E-state index contributed by atoms with van der Waals surface area (Å²) in [5, 5.41) is 9.26. The molecule has 31 heavy (non-hydrogen) atoms. The van der Waals surface area contributed by atoms with Crippen molar-refractivity contribution >= 4 is 6.08 Å². The normalized spacial score (nSPS) is 12.3. The van der Waals surface area contributed by atoms with Crippen molar-refractivity contribution in [2.45, 2.75) is 38.7 Å². The zero-order valence-electron chi connectivity index (χ0n) is 17.7. The van der Waals surface area contributed by atoms with Crippen LogP contribution >= 0.6 is 0 Å². The molecule has 1 N–H and O–H groups in total. The number of hydrogen-bond acceptors (Lipinski definition) is 2. The van der Waals surface area contributed by atoms with E-state index in [-0.39, 0.29) is 17.2 Å². The molecule has 160 valence electrons. The van der Waals surface area contributed by atoms with Crippen LogP contribution in [0, 0.1) is 11.6 Å². The monoisotopic (exact) mass is 419 g/mol. The van der Waals surface area contributed by atoms with Crippen LogP contribution in [0.3, 0.4) is 0 Å². The second-order valence-electron chi connectivity index (χ2n) is 7.63. The average molecular weight is 420 g/mol. The summed E-state index contributed by atoms with van der Waals surface area (Å²) in [6, 6.07) is 14.7. The molecule has 0 aliphatic heterocycles. The fourth-order valence-electron chi connectivity index (χ4n) is 3.36. The number of benzene rings is 2. The Kier molecular flexibility index (Phi) is 7.85. The zero-order chi connectivity index (χ0) is 22.2. The van der Waals surface area contributed by atoms with Gasteiger partial charge >= 0.3 is 0 Å². The Morgan fingerprint density at radius 1 is 1.00 bits per heavy atom. The van der Waals surface area contributed by atoms with Crippen molar-refractivity contribution in [3.63, 3.8) is 0 Å². The minimum atomic E-state index is -0.880. The maximum Gasteiger partial charge on any atom is 0.167 e. The van der Waals surface area contributed by atoms with Gasteiger partial charge in [-0.15, -0.1) is 6.58 Å². The predicted octanol–water partition coefficient (Wildman–Crippen LogP) is 6.99. The Balaban J connectivity index is 1.74. The molecule has 0 amide bonds. The lowest BCUT2D eigenvalue weighted by atomic mass is 10.0. The van der Waals surface area contributed by atoms with Crippen LogP contribution in [0.15, 0.2) is 73.5 Å². The molecule has 1 heterocycles. The molecule has 3 aromatic rings. The minimum Gasteiger partial charge on any atom is -0.393 e. The van der Waals surface area contributed by atoms with Crippen LogP contribution in [0.1, 0.15) is 37.3 Å². The SMILES string of the molecule is C=CCc1ccc(-c2ccc(-c3ccc(C=CCCCC(C)O)c(F)c3F)cn2)cc1. The summed E-state index contributed by atoms with van der Waals surface area (Å²) >= 11 is 0. The van der Waals surface area contributed by atoms with Gasteiger partial charge in [0, 0.05) is 28.5 Å². The summed E-state index contributed by atoms with van der Waals surface area (Å²) in [6.07, 6.45) is 9.45. The van der Waals surface area contributed by atoms with E-state index in [1.807, 2.05) is 36.4 Å². The van der Waals surface area contributed by atoms with Gasteiger partial charge < -0.3 is 5.11 Å². The van der Waals surface area contributed by atoms with Crippen molar-refractivity contribution < 1.29 is 13.9 Å². The van der Waals surface area contributed by atoms with Gasteiger partial charge in [0.2, 0.25) is 0 Å². The van der Waals surface area contributed by atoms with E-state index < -0.39 is 11.6 Å². The number of aromatic nitrogens is 1. The first-order valence-electron chi connectivity index (χ1n) is 10.5. The van der Waals surface area contributed by atoms with Gasteiger partial charge in [-0.3, -0.25) is 4.98 Å². The molecule has 0 bridgehead atoms.